The van der Waals surface area contributed by atoms with Crippen LogP contribution in [0.2, 0.25) is 0 Å². The number of carbonyl (C=O) groups excluding carboxylic acids is 1. The molecule has 9 nitrogen and oxygen atoms in total. The van der Waals surface area contributed by atoms with Crippen LogP contribution in [0.25, 0.3) is 0 Å². The van der Waals surface area contributed by atoms with Crippen LogP contribution in [0.3, 0.4) is 0 Å². The van der Waals surface area contributed by atoms with Crippen molar-refractivity contribution in [3.05, 3.63) is 35.4 Å². The van der Waals surface area contributed by atoms with Gasteiger partial charge < -0.3 is 15.4 Å². The zero-order chi connectivity index (χ0) is 18.4. The highest BCUT2D eigenvalue weighted by molar-refractivity contribution is 5.95. The van der Waals surface area contributed by atoms with Crippen LogP contribution in [-0.2, 0) is 4.74 Å². The van der Waals surface area contributed by atoms with Crippen molar-refractivity contribution in [3.63, 3.8) is 0 Å². The molecule has 9 heteroatoms. The van der Waals surface area contributed by atoms with Crippen LogP contribution in [0.15, 0.2) is 18.5 Å². The van der Waals surface area contributed by atoms with Gasteiger partial charge in [0, 0.05) is 13.2 Å². The maximum atomic E-state index is 12.5. The number of amides is 1. The number of hydrogen-bond acceptors (Lipinski definition) is 8. The Hall–Kier alpha value is -3.12. The first-order valence-corrected chi connectivity index (χ1v) is 8.39. The second-order valence-corrected chi connectivity index (χ2v) is 5.95. The van der Waals surface area contributed by atoms with Crippen molar-refractivity contribution >= 4 is 17.5 Å². The van der Waals surface area contributed by atoms with Gasteiger partial charge in [0.25, 0.3) is 5.91 Å². The average Bonchev–Trinajstić information content (AvgIpc) is 2.69. The van der Waals surface area contributed by atoms with Crippen molar-refractivity contribution in [2.75, 3.05) is 18.5 Å². The van der Waals surface area contributed by atoms with Gasteiger partial charge in [-0.15, -0.1) is 5.10 Å². The van der Waals surface area contributed by atoms with Crippen molar-refractivity contribution in [3.8, 4) is 6.07 Å². The Morgan fingerprint density at radius 1 is 1.31 bits per heavy atom. The van der Waals surface area contributed by atoms with Crippen molar-refractivity contribution in [1.82, 2.24) is 25.5 Å². The van der Waals surface area contributed by atoms with Crippen molar-refractivity contribution in [2.24, 2.45) is 0 Å². The summed E-state index contributed by atoms with van der Waals surface area (Å²) < 4.78 is 5.62. The minimum absolute atomic E-state index is 0.0642. The number of nitrogens with zero attached hydrogens (tertiary/aromatic N) is 5. The molecule has 3 rings (SSSR count). The number of nitrogens with one attached hydrogen (secondary N) is 2. The van der Waals surface area contributed by atoms with Crippen molar-refractivity contribution < 1.29 is 9.53 Å². The van der Waals surface area contributed by atoms with Crippen LogP contribution in [0.1, 0.15) is 41.0 Å². The predicted molar refractivity (Wildman–Crippen MR) is 92.7 cm³/mol. The predicted octanol–water partition coefficient (Wildman–Crippen LogP) is 1.49. The van der Waals surface area contributed by atoms with Gasteiger partial charge in [0.15, 0.2) is 11.5 Å². The summed E-state index contributed by atoms with van der Waals surface area (Å²) >= 11 is 0. The monoisotopic (exact) mass is 353 g/mol. The number of anilines is 2. The Morgan fingerprint density at radius 2 is 2.19 bits per heavy atom. The molecular weight excluding hydrogens is 334 g/mol. The Kier molecular flexibility index (Phi) is 5.66. The first-order valence-electron chi connectivity index (χ1n) is 8.39. The molecule has 0 aromatic carbocycles. The van der Waals surface area contributed by atoms with E-state index in [0.717, 1.165) is 25.9 Å². The Bertz CT molecular complexity index is 811. The van der Waals surface area contributed by atoms with Gasteiger partial charge in [-0.05, 0) is 32.3 Å². The third-order valence-electron chi connectivity index (χ3n) is 4.01. The summed E-state index contributed by atoms with van der Waals surface area (Å²) in [6.07, 6.45) is 5.98. The molecule has 2 aromatic rings. The molecule has 1 aliphatic heterocycles. The smallest absolute Gasteiger partial charge is 0.253 e. The fourth-order valence-corrected chi connectivity index (χ4v) is 2.60. The molecule has 26 heavy (non-hydrogen) atoms. The van der Waals surface area contributed by atoms with E-state index in [1.54, 1.807) is 13.0 Å². The quantitative estimate of drug-likeness (QED) is 0.828. The van der Waals surface area contributed by atoms with E-state index >= 15 is 0 Å². The van der Waals surface area contributed by atoms with E-state index < -0.39 is 0 Å². The molecule has 0 aliphatic carbocycles. The van der Waals surface area contributed by atoms with E-state index in [4.69, 9.17) is 10.00 Å². The minimum atomic E-state index is -0.222. The van der Waals surface area contributed by atoms with Gasteiger partial charge >= 0.3 is 0 Å². The molecule has 2 aromatic heterocycles. The Labute approximate surface area is 150 Å². The molecule has 1 aliphatic rings. The molecule has 1 atom stereocenters. The van der Waals surface area contributed by atoms with Crippen LogP contribution in [0.5, 0.6) is 0 Å². The highest BCUT2D eigenvalue weighted by atomic mass is 16.5. The summed E-state index contributed by atoms with van der Waals surface area (Å²) in [5.41, 5.74) is 1.18. The number of aromatic nitrogens is 4. The van der Waals surface area contributed by atoms with E-state index in [-0.39, 0.29) is 17.7 Å². The topological polar surface area (TPSA) is 126 Å². The van der Waals surface area contributed by atoms with E-state index in [0.29, 0.717) is 29.4 Å². The Morgan fingerprint density at radius 3 is 2.88 bits per heavy atom. The molecule has 2 N–H and O–H groups in total. The van der Waals surface area contributed by atoms with Gasteiger partial charge in [0.2, 0.25) is 0 Å². The average molecular weight is 353 g/mol. The van der Waals surface area contributed by atoms with Gasteiger partial charge in [0.05, 0.1) is 29.8 Å². The van der Waals surface area contributed by atoms with Crippen LogP contribution in [0.4, 0.5) is 11.6 Å². The molecule has 0 bridgehead atoms. The molecule has 0 saturated carbocycles. The number of ether oxygens (including phenoxy) is 1. The number of aryl methyl sites for hydroxylation is 1. The standard InChI is InChI=1S/C17H19N7O2/c1-11-14(17(25)21-9-13-4-2-3-5-26-13)6-15(24-23-11)22-16-10-19-12(7-18)8-20-16/h6,8,10,13H,2-5,9H2,1H3,(H,21,25)(H,20,22,24). The maximum Gasteiger partial charge on any atom is 0.253 e. The van der Waals surface area contributed by atoms with Crippen molar-refractivity contribution in [2.45, 2.75) is 32.3 Å². The minimum Gasteiger partial charge on any atom is -0.376 e. The number of carbonyl (C=O) groups is 1. The first-order chi connectivity index (χ1) is 12.7. The van der Waals surface area contributed by atoms with Gasteiger partial charge in [-0.2, -0.15) is 10.4 Å². The number of nitriles is 1. The lowest BCUT2D eigenvalue weighted by Crippen LogP contribution is -2.35. The SMILES string of the molecule is Cc1nnc(Nc2cnc(C#N)cn2)cc1C(=O)NCC1CCCCO1. The largest absolute Gasteiger partial charge is 0.376 e. The second kappa shape index (κ2) is 8.31. The molecule has 134 valence electrons. The molecule has 1 fully saturated rings. The lowest BCUT2D eigenvalue weighted by molar-refractivity contribution is 0.0169. The summed E-state index contributed by atoms with van der Waals surface area (Å²) in [5.74, 6) is 0.554. The van der Waals surface area contributed by atoms with E-state index in [1.807, 2.05) is 6.07 Å². The molecule has 0 spiro atoms. The summed E-state index contributed by atoms with van der Waals surface area (Å²) in [7, 11) is 0. The molecule has 1 unspecified atom stereocenters. The summed E-state index contributed by atoms with van der Waals surface area (Å²) in [4.78, 5) is 20.5. The summed E-state index contributed by atoms with van der Waals surface area (Å²) in [6.45, 7) is 2.95. The highest BCUT2D eigenvalue weighted by Gasteiger charge is 2.17. The van der Waals surface area contributed by atoms with E-state index in [2.05, 4.69) is 30.8 Å². The van der Waals surface area contributed by atoms with E-state index in [1.165, 1.54) is 12.4 Å². The van der Waals surface area contributed by atoms with Crippen molar-refractivity contribution in [1.29, 1.82) is 5.26 Å². The zero-order valence-electron chi connectivity index (χ0n) is 14.4. The normalized spacial score (nSPS) is 16.5. The third-order valence-corrected chi connectivity index (χ3v) is 4.01. The molecule has 1 amide bonds. The second-order valence-electron chi connectivity index (χ2n) is 5.95. The Balaban J connectivity index is 1.66. The van der Waals surface area contributed by atoms with Gasteiger partial charge in [0.1, 0.15) is 11.9 Å². The first kappa shape index (κ1) is 17.7. The third kappa shape index (κ3) is 4.49. The summed E-state index contributed by atoms with van der Waals surface area (Å²) in [5, 5.41) is 22.6. The van der Waals surface area contributed by atoms with Crippen LogP contribution >= 0.6 is 0 Å². The lowest BCUT2D eigenvalue weighted by atomic mass is 10.1. The fraction of sp³-hybridized carbons (Fsp3) is 0.412. The molecule has 0 radical (unpaired) electrons. The van der Waals surface area contributed by atoms with Gasteiger partial charge in [-0.25, -0.2) is 9.97 Å². The molecule has 3 heterocycles. The number of rotatable bonds is 5. The number of hydrogen-bond donors (Lipinski definition) is 2. The molecular formula is C17H19N7O2. The highest BCUT2D eigenvalue weighted by Crippen LogP contribution is 2.15. The molecule has 1 saturated heterocycles. The van der Waals surface area contributed by atoms with Crippen LogP contribution in [-0.4, -0.2) is 45.3 Å². The fourth-order valence-electron chi connectivity index (χ4n) is 2.60. The lowest BCUT2D eigenvalue weighted by Gasteiger charge is -2.22. The summed E-state index contributed by atoms with van der Waals surface area (Å²) in [6, 6.07) is 3.51. The van der Waals surface area contributed by atoms with Crippen LogP contribution < -0.4 is 10.6 Å². The maximum absolute atomic E-state index is 12.5. The van der Waals surface area contributed by atoms with Crippen LogP contribution in [0, 0.1) is 18.3 Å². The zero-order valence-corrected chi connectivity index (χ0v) is 14.4. The van der Waals surface area contributed by atoms with E-state index in [9.17, 15) is 4.79 Å². The van der Waals surface area contributed by atoms with Gasteiger partial charge in [-0.3, -0.25) is 4.79 Å². The van der Waals surface area contributed by atoms with Gasteiger partial charge in [-0.1, -0.05) is 0 Å².